The van der Waals surface area contributed by atoms with Crippen molar-refractivity contribution in [2.45, 2.75) is 0 Å². The first kappa shape index (κ1) is 20.0. The van der Waals surface area contributed by atoms with Crippen LogP contribution in [0.25, 0.3) is 0 Å². The lowest BCUT2D eigenvalue weighted by Crippen LogP contribution is -2.49. The summed E-state index contributed by atoms with van der Waals surface area (Å²) in [7, 11) is 0. The molecule has 0 unspecified atom stereocenters. The van der Waals surface area contributed by atoms with Crippen molar-refractivity contribution in [3.8, 4) is 5.75 Å². The fraction of sp³-hybridized carbons (Fsp3) is 0.350. The van der Waals surface area contributed by atoms with Crippen LogP contribution >= 0.6 is 23.2 Å². The summed E-state index contributed by atoms with van der Waals surface area (Å²) in [5.74, 6) is 0.674. The van der Waals surface area contributed by atoms with E-state index in [1.807, 2.05) is 36.4 Å². The van der Waals surface area contributed by atoms with Crippen molar-refractivity contribution in [3.05, 3.63) is 58.6 Å². The number of para-hydroxylation sites is 2. The molecule has 0 atom stereocenters. The van der Waals surface area contributed by atoms with Gasteiger partial charge in [-0.25, -0.2) is 0 Å². The highest BCUT2D eigenvalue weighted by Crippen LogP contribution is 2.23. The molecule has 144 valence electrons. The van der Waals surface area contributed by atoms with E-state index >= 15 is 0 Å². The third-order valence-electron chi connectivity index (χ3n) is 4.48. The largest absolute Gasteiger partial charge is 0.491 e. The van der Waals surface area contributed by atoms with Gasteiger partial charge in [-0.3, -0.25) is 14.6 Å². The maximum Gasteiger partial charge on any atom is 0.238 e. The summed E-state index contributed by atoms with van der Waals surface area (Å²) in [5.41, 5.74) is 0.652. The minimum Gasteiger partial charge on any atom is -0.491 e. The number of nitrogens with one attached hydrogen (secondary N) is 1. The van der Waals surface area contributed by atoms with Gasteiger partial charge in [0.05, 0.1) is 22.3 Å². The molecule has 1 fully saturated rings. The van der Waals surface area contributed by atoms with E-state index < -0.39 is 0 Å². The summed E-state index contributed by atoms with van der Waals surface area (Å²) in [6.45, 7) is 5.32. The molecule has 2 aromatic carbocycles. The number of carbonyl (C=O) groups excluding carboxylic acids is 1. The van der Waals surface area contributed by atoms with Crippen LogP contribution in [0.15, 0.2) is 48.5 Å². The Morgan fingerprint density at radius 2 is 1.56 bits per heavy atom. The smallest absolute Gasteiger partial charge is 0.238 e. The molecule has 0 radical (unpaired) electrons. The maximum atomic E-state index is 12.2. The second kappa shape index (κ2) is 9.95. The monoisotopic (exact) mass is 407 g/mol. The first-order chi connectivity index (χ1) is 13.1. The normalized spacial score (nSPS) is 15.5. The van der Waals surface area contributed by atoms with Crippen LogP contribution in [0.1, 0.15) is 0 Å². The molecule has 1 aliphatic rings. The fourth-order valence-corrected chi connectivity index (χ4v) is 3.35. The number of nitrogens with zero attached hydrogens (tertiary/aromatic N) is 2. The van der Waals surface area contributed by atoms with Gasteiger partial charge in [-0.2, -0.15) is 0 Å². The quantitative estimate of drug-likeness (QED) is 0.760. The van der Waals surface area contributed by atoms with Gasteiger partial charge in [0.15, 0.2) is 0 Å². The van der Waals surface area contributed by atoms with Gasteiger partial charge in [-0.05, 0) is 24.3 Å². The summed E-state index contributed by atoms with van der Waals surface area (Å²) in [6, 6.07) is 14.8. The van der Waals surface area contributed by atoms with Crippen LogP contribution in [-0.2, 0) is 4.79 Å². The van der Waals surface area contributed by atoms with Crippen molar-refractivity contribution in [1.29, 1.82) is 0 Å². The Bertz CT molecular complexity index is 764. The molecule has 1 heterocycles. The third kappa shape index (κ3) is 6.11. The zero-order valence-corrected chi connectivity index (χ0v) is 16.5. The number of amides is 1. The van der Waals surface area contributed by atoms with Crippen LogP contribution in [0.5, 0.6) is 5.75 Å². The lowest BCUT2D eigenvalue weighted by Gasteiger charge is -2.34. The van der Waals surface area contributed by atoms with Crippen molar-refractivity contribution >= 4 is 34.8 Å². The molecule has 3 rings (SSSR count). The Morgan fingerprint density at radius 3 is 2.26 bits per heavy atom. The fourth-order valence-electron chi connectivity index (χ4n) is 2.97. The number of anilines is 1. The molecular weight excluding hydrogens is 385 g/mol. The molecule has 0 aromatic heterocycles. The van der Waals surface area contributed by atoms with Gasteiger partial charge in [0.25, 0.3) is 0 Å². The number of hydrogen-bond acceptors (Lipinski definition) is 4. The van der Waals surface area contributed by atoms with Gasteiger partial charge in [0.2, 0.25) is 5.91 Å². The molecule has 2 aromatic rings. The number of rotatable bonds is 7. The Labute approximate surface area is 169 Å². The standard InChI is InChI=1S/C20H23Cl2N3O2/c21-16-5-1-3-7-18(16)23-20(26)15-25-11-9-24(10-12-25)13-14-27-19-8-4-2-6-17(19)22/h1-8H,9-15H2,(H,23,26). The van der Waals surface area contributed by atoms with Gasteiger partial charge in [0.1, 0.15) is 12.4 Å². The summed E-state index contributed by atoms with van der Waals surface area (Å²) >= 11 is 12.2. The molecule has 7 heteroatoms. The number of benzene rings is 2. The van der Waals surface area contributed by atoms with Gasteiger partial charge in [-0.1, -0.05) is 47.5 Å². The number of carbonyl (C=O) groups is 1. The average molecular weight is 408 g/mol. The molecule has 5 nitrogen and oxygen atoms in total. The van der Waals surface area contributed by atoms with E-state index in [1.54, 1.807) is 12.1 Å². The molecule has 0 aliphatic carbocycles. The minimum absolute atomic E-state index is 0.0430. The van der Waals surface area contributed by atoms with E-state index in [9.17, 15) is 4.79 Å². The second-order valence-corrected chi connectivity index (χ2v) is 7.24. The first-order valence-corrected chi connectivity index (χ1v) is 9.74. The van der Waals surface area contributed by atoms with Gasteiger partial charge < -0.3 is 10.1 Å². The summed E-state index contributed by atoms with van der Waals surface area (Å²) < 4.78 is 5.74. The highest BCUT2D eigenvalue weighted by Gasteiger charge is 2.19. The van der Waals surface area contributed by atoms with Crippen LogP contribution in [-0.4, -0.2) is 61.6 Å². The topological polar surface area (TPSA) is 44.8 Å². The van der Waals surface area contributed by atoms with E-state index in [1.165, 1.54) is 0 Å². The Balaban J connectivity index is 1.36. The molecule has 0 bridgehead atoms. The Kier molecular flexibility index (Phi) is 7.35. The molecule has 1 saturated heterocycles. The zero-order valence-electron chi connectivity index (χ0n) is 15.0. The number of ether oxygens (including phenoxy) is 1. The van der Waals surface area contributed by atoms with Crippen molar-refractivity contribution in [1.82, 2.24) is 9.80 Å². The van der Waals surface area contributed by atoms with Crippen LogP contribution in [0.4, 0.5) is 5.69 Å². The molecule has 27 heavy (non-hydrogen) atoms. The van der Waals surface area contributed by atoms with Crippen LogP contribution in [0.2, 0.25) is 10.0 Å². The van der Waals surface area contributed by atoms with Crippen LogP contribution < -0.4 is 10.1 Å². The molecule has 1 amide bonds. The highest BCUT2D eigenvalue weighted by molar-refractivity contribution is 6.33. The number of piperazine rings is 1. The van der Waals surface area contributed by atoms with Crippen molar-refractivity contribution in [2.75, 3.05) is 51.2 Å². The number of halogens is 2. The molecule has 0 saturated carbocycles. The third-order valence-corrected chi connectivity index (χ3v) is 5.12. The molecule has 0 spiro atoms. The minimum atomic E-state index is -0.0430. The molecular formula is C20H23Cl2N3O2. The van der Waals surface area contributed by atoms with Crippen LogP contribution in [0.3, 0.4) is 0 Å². The SMILES string of the molecule is O=C(CN1CCN(CCOc2ccccc2Cl)CC1)Nc1ccccc1Cl. The predicted octanol–water partition coefficient (Wildman–Crippen LogP) is 3.63. The molecule has 1 N–H and O–H groups in total. The van der Waals surface area contributed by atoms with Gasteiger partial charge >= 0.3 is 0 Å². The highest BCUT2D eigenvalue weighted by atomic mass is 35.5. The maximum absolute atomic E-state index is 12.2. The predicted molar refractivity (Wildman–Crippen MR) is 110 cm³/mol. The summed E-state index contributed by atoms with van der Waals surface area (Å²) in [5, 5.41) is 4.05. The lowest BCUT2D eigenvalue weighted by molar-refractivity contribution is -0.117. The van der Waals surface area contributed by atoms with Crippen molar-refractivity contribution < 1.29 is 9.53 Å². The Hall–Kier alpha value is -1.79. The van der Waals surface area contributed by atoms with Gasteiger partial charge in [-0.15, -0.1) is 0 Å². The van der Waals surface area contributed by atoms with Gasteiger partial charge in [0, 0.05) is 32.7 Å². The number of hydrogen-bond donors (Lipinski definition) is 1. The Morgan fingerprint density at radius 1 is 0.926 bits per heavy atom. The van der Waals surface area contributed by atoms with Crippen molar-refractivity contribution in [3.63, 3.8) is 0 Å². The summed E-state index contributed by atoms with van der Waals surface area (Å²) in [4.78, 5) is 16.7. The zero-order chi connectivity index (χ0) is 19.1. The van der Waals surface area contributed by atoms with E-state index in [-0.39, 0.29) is 5.91 Å². The van der Waals surface area contributed by atoms with E-state index in [2.05, 4.69) is 15.1 Å². The second-order valence-electron chi connectivity index (χ2n) is 6.42. The van der Waals surface area contributed by atoms with E-state index in [0.717, 1.165) is 32.7 Å². The van der Waals surface area contributed by atoms with Crippen molar-refractivity contribution in [2.24, 2.45) is 0 Å². The average Bonchev–Trinajstić information content (AvgIpc) is 2.66. The van der Waals surface area contributed by atoms with E-state index in [4.69, 9.17) is 27.9 Å². The van der Waals surface area contributed by atoms with Crippen LogP contribution in [0, 0.1) is 0 Å². The lowest BCUT2D eigenvalue weighted by atomic mass is 10.3. The first-order valence-electron chi connectivity index (χ1n) is 8.98. The van der Waals surface area contributed by atoms with E-state index in [0.29, 0.717) is 34.6 Å². The molecule has 1 aliphatic heterocycles. The summed E-state index contributed by atoms with van der Waals surface area (Å²) in [6.07, 6.45) is 0.